The van der Waals surface area contributed by atoms with E-state index in [9.17, 15) is 4.79 Å². The lowest BCUT2D eigenvalue weighted by Crippen LogP contribution is -2.02. The third kappa shape index (κ3) is 1.24. The zero-order valence-corrected chi connectivity index (χ0v) is 8.13. The second-order valence-corrected chi connectivity index (χ2v) is 3.08. The van der Waals surface area contributed by atoms with Gasteiger partial charge in [0.25, 0.3) is 0 Å². The van der Waals surface area contributed by atoms with Crippen LogP contribution in [0, 0.1) is 0 Å². The Morgan fingerprint density at radius 1 is 1.64 bits per heavy atom. The lowest BCUT2D eigenvalue weighted by atomic mass is 10.2. The first kappa shape index (κ1) is 9.02. The quantitative estimate of drug-likeness (QED) is 0.579. The van der Waals surface area contributed by atoms with E-state index in [2.05, 4.69) is 14.7 Å². The van der Waals surface area contributed by atoms with Gasteiger partial charge in [-0.3, -0.25) is 0 Å². The molecule has 0 aromatic carbocycles. The zero-order valence-electron chi connectivity index (χ0n) is 7.37. The highest BCUT2D eigenvalue weighted by molar-refractivity contribution is 6.34. The molecule has 0 saturated heterocycles. The molecule has 2 rings (SSSR count). The molecule has 0 unspecified atom stereocenters. The molecule has 0 aliphatic carbocycles. The van der Waals surface area contributed by atoms with Crippen molar-refractivity contribution < 1.29 is 9.53 Å². The number of H-pyrrole nitrogens is 1. The fourth-order valence-electron chi connectivity index (χ4n) is 1.29. The van der Waals surface area contributed by atoms with Crippen LogP contribution < -0.4 is 0 Å². The predicted octanol–water partition coefficient (Wildman–Crippen LogP) is 2.00. The number of halogens is 1. The molecule has 0 bridgehead atoms. The van der Waals surface area contributed by atoms with E-state index in [1.807, 2.05) is 0 Å². The van der Waals surface area contributed by atoms with Crippen LogP contribution in [0.4, 0.5) is 0 Å². The van der Waals surface area contributed by atoms with E-state index in [4.69, 9.17) is 11.6 Å². The van der Waals surface area contributed by atoms with Crippen LogP contribution >= 0.6 is 11.6 Å². The minimum atomic E-state index is -0.418. The molecule has 2 heterocycles. The van der Waals surface area contributed by atoms with E-state index in [1.165, 1.54) is 13.3 Å². The molecule has 0 aliphatic heterocycles. The zero-order chi connectivity index (χ0) is 10.1. The van der Waals surface area contributed by atoms with Crippen molar-refractivity contribution in [3.05, 3.63) is 29.2 Å². The van der Waals surface area contributed by atoms with Crippen molar-refractivity contribution in [2.45, 2.75) is 0 Å². The Bertz CT molecular complexity index is 493. The first-order valence-corrected chi connectivity index (χ1v) is 4.31. The van der Waals surface area contributed by atoms with Crippen LogP contribution in [0.2, 0.25) is 5.15 Å². The summed E-state index contributed by atoms with van der Waals surface area (Å²) in [5.74, 6) is -0.418. The molecule has 72 valence electrons. The molecular weight excluding hydrogens is 204 g/mol. The number of nitrogens with zero attached hydrogens (tertiary/aromatic N) is 1. The summed E-state index contributed by atoms with van der Waals surface area (Å²) in [6.07, 6.45) is 3.11. The number of ether oxygens (including phenoxy) is 1. The Hall–Kier alpha value is -1.55. The Kier molecular flexibility index (Phi) is 2.13. The molecular formula is C9H7ClN2O2. The van der Waals surface area contributed by atoms with E-state index in [0.29, 0.717) is 16.2 Å². The molecule has 14 heavy (non-hydrogen) atoms. The van der Waals surface area contributed by atoms with Crippen molar-refractivity contribution in [3.8, 4) is 0 Å². The number of hydrogen-bond donors (Lipinski definition) is 1. The number of carbonyl (C=O) groups is 1. The molecule has 0 radical (unpaired) electrons. The van der Waals surface area contributed by atoms with Gasteiger partial charge in [0.1, 0.15) is 0 Å². The van der Waals surface area contributed by atoms with Crippen molar-refractivity contribution in [2.75, 3.05) is 7.11 Å². The lowest BCUT2D eigenvalue weighted by molar-refractivity contribution is 0.0602. The van der Waals surface area contributed by atoms with Crippen molar-refractivity contribution >= 4 is 28.5 Å². The Labute approximate surface area is 84.9 Å². The highest BCUT2D eigenvalue weighted by atomic mass is 35.5. The van der Waals surface area contributed by atoms with Gasteiger partial charge in [-0.15, -0.1) is 0 Å². The highest BCUT2D eigenvalue weighted by Gasteiger charge is 2.13. The number of nitrogens with one attached hydrogen (secondary N) is 1. The summed E-state index contributed by atoms with van der Waals surface area (Å²) in [6, 6.07) is 1.76. The number of aromatic nitrogens is 2. The van der Waals surface area contributed by atoms with E-state index in [0.717, 1.165) is 5.39 Å². The molecule has 0 aliphatic rings. The van der Waals surface area contributed by atoms with Crippen LogP contribution in [-0.4, -0.2) is 23.0 Å². The molecule has 2 aromatic heterocycles. The van der Waals surface area contributed by atoms with Gasteiger partial charge in [0.2, 0.25) is 0 Å². The van der Waals surface area contributed by atoms with Crippen molar-refractivity contribution in [1.82, 2.24) is 9.97 Å². The van der Waals surface area contributed by atoms with Gasteiger partial charge in [-0.25, -0.2) is 9.78 Å². The minimum absolute atomic E-state index is 0.345. The van der Waals surface area contributed by atoms with Gasteiger partial charge in [0.05, 0.1) is 18.2 Å². The van der Waals surface area contributed by atoms with Crippen molar-refractivity contribution in [3.63, 3.8) is 0 Å². The van der Waals surface area contributed by atoms with E-state index < -0.39 is 5.97 Å². The number of hydrogen-bond acceptors (Lipinski definition) is 3. The molecule has 2 aromatic rings. The van der Waals surface area contributed by atoms with Gasteiger partial charge in [-0.2, -0.15) is 0 Å². The van der Waals surface area contributed by atoms with Crippen molar-refractivity contribution in [2.24, 2.45) is 0 Å². The largest absolute Gasteiger partial charge is 0.465 e. The number of carbonyl (C=O) groups excluding carboxylic acids is 1. The summed E-state index contributed by atoms with van der Waals surface area (Å²) in [5, 5.41) is 1.06. The summed E-state index contributed by atoms with van der Waals surface area (Å²) in [5.41, 5.74) is 1.06. The Morgan fingerprint density at radius 3 is 3.14 bits per heavy atom. The van der Waals surface area contributed by atoms with Crippen molar-refractivity contribution in [1.29, 1.82) is 0 Å². The van der Waals surface area contributed by atoms with Crippen LogP contribution in [0.5, 0.6) is 0 Å². The number of aromatic amines is 1. The lowest BCUT2D eigenvalue weighted by Gasteiger charge is -2.00. The van der Waals surface area contributed by atoms with Gasteiger partial charge in [0, 0.05) is 17.8 Å². The maximum atomic E-state index is 11.3. The predicted molar refractivity (Wildman–Crippen MR) is 52.4 cm³/mol. The summed E-state index contributed by atoms with van der Waals surface area (Å²) in [4.78, 5) is 18.1. The molecule has 0 fully saturated rings. The van der Waals surface area contributed by atoms with Crippen LogP contribution in [0.1, 0.15) is 10.4 Å². The Morgan fingerprint density at radius 2 is 2.43 bits per heavy atom. The average molecular weight is 211 g/mol. The first-order valence-electron chi connectivity index (χ1n) is 3.94. The minimum Gasteiger partial charge on any atom is -0.465 e. The van der Waals surface area contributed by atoms with Gasteiger partial charge < -0.3 is 9.72 Å². The van der Waals surface area contributed by atoms with Crippen LogP contribution in [-0.2, 0) is 4.74 Å². The average Bonchev–Trinajstić information content (AvgIpc) is 2.67. The molecule has 0 spiro atoms. The van der Waals surface area contributed by atoms with Crippen LogP contribution in [0.3, 0.4) is 0 Å². The van der Waals surface area contributed by atoms with Gasteiger partial charge >= 0.3 is 5.97 Å². The Balaban J connectivity index is 2.72. The first-order chi connectivity index (χ1) is 6.74. The highest BCUT2D eigenvalue weighted by Crippen LogP contribution is 2.23. The van der Waals surface area contributed by atoms with Gasteiger partial charge in [0.15, 0.2) is 5.15 Å². The van der Waals surface area contributed by atoms with E-state index in [-0.39, 0.29) is 0 Å². The summed E-state index contributed by atoms with van der Waals surface area (Å²) in [7, 11) is 1.33. The fourth-order valence-corrected chi connectivity index (χ4v) is 1.50. The summed E-state index contributed by atoms with van der Waals surface area (Å²) >= 11 is 5.82. The number of fused-ring (bicyclic) bond motifs is 1. The van der Waals surface area contributed by atoms with E-state index in [1.54, 1.807) is 12.3 Å². The molecule has 0 atom stereocenters. The topological polar surface area (TPSA) is 55.0 Å². The summed E-state index contributed by atoms with van der Waals surface area (Å²) < 4.78 is 4.62. The van der Waals surface area contributed by atoms with Gasteiger partial charge in [-0.05, 0) is 6.07 Å². The maximum Gasteiger partial charge on any atom is 0.340 e. The molecule has 1 N–H and O–H groups in total. The number of esters is 1. The second-order valence-electron chi connectivity index (χ2n) is 2.72. The SMILES string of the molecule is COC(=O)c1cnc(Cl)c2[nH]ccc12. The molecule has 0 saturated carbocycles. The number of pyridine rings is 1. The van der Waals surface area contributed by atoms with Gasteiger partial charge in [-0.1, -0.05) is 11.6 Å². The molecule has 0 amide bonds. The fraction of sp³-hybridized carbons (Fsp3) is 0.111. The summed E-state index contributed by atoms with van der Waals surface area (Å²) in [6.45, 7) is 0. The monoisotopic (exact) mass is 210 g/mol. The normalized spacial score (nSPS) is 10.4. The molecule has 4 nitrogen and oxygen atoms in total. The maximum absolute atomic E-state index is 11.3. The standard InChI is InChI=1S/C9H7ClN2O2/c1-14-9(13)6-4-12-8(10)7-5(6)2-3-11-7/h2-4,11H,1H3. The number of rotatable bonds is 1. The molecule has 5 heteroatoms. The third-order valence-corrected chi connectivity index (χ3v) is 2.24. The van der Waals surface area contributed by atoms with E-state index >= 15 is 0 Å². The third-order valence-electron chi connectivity index (χ3n) is 1.96. The van der Waals surface area contributed by atoms with Crippen LogP contribution in [0.15, 0.2) is 18.5 Å². The van der Waals surface area contributed by atoms with Crippen LogP contribution in [0.25, 0.3) is 10.9 Å². The smallest absolute Gasteiger partial charge is 0.340 e. The number of methoxy groups -OCH3 is 1. The second kappa shape index (κ2) is 3.31.